The van der Waals surface area contributed by atoms with Crippen molar-refractivity contribution in [3.63, 3.8) is 0 Å². The van der Waals surface area contributed by atoms with E-state index in [0.29, 0.717) is 12.2 Å². The second-order valence-corrected chi connectivity index (χ2v) is 5.01. The molecule has 2 aromatic heterocycles. The van der Waals surface area contributed by atoms with Gasteiger partial charge in [-0.15, -0.1) is 10.2 Å². The number of anilines is 1. The standard InChI is InChI=1S/C12H12F3N5O2/c1-6-16-11(22-19-6)8-4-7(21)5-20(8)10-3-2-9(17-18-10)12(13,14)15/h2-3,7-8,21H,4-5H2,1H3/t7-,8-/m1/s1. The van der Waals surface area contributed by atoms with Crippen LogP contribution in [0.25, 0.3) is 0 Å². The number of alkyl halides is 3. The number of aromatic nitrogens is 4. The summed E-state index contributed by atoms with van der Waals surface area (Å²) in [6.45, 7) is 1.85. The van der Waals surface area contributed by atoms with Crippen LogP contribution in [0.5, 0.6) is 0 Å². The number of β-amino-alcohol motifs (C(OH)–C–C–N with tert-alkyl or cyclic N) is 1. The molecule has 118 valence electrons. The second-order valence-electron chi connectivity index (χ2n) is 5.01. The average molecular weight is 315 g/mol. The molecule has 0 aromatic carbocycles. The first-order valence-corrected chi connectivity index (χ1v) is 6.50. The molecule has 7 nitrogen and oxygen atoms in total. The maximum absolute atomic E-state index is 12.5. The monoisotopic (exact) mass is 315 g/mol. The van der Waals surface area contributed by atoms with Crippen molar-refractivity contribution in [2.24, 2.45) is 0 Å². The Morgan fingerprint density at radius 1 is 1.32 bits per heavy atom. The molecule has 0 spiro atoms. The number of halogens is 3. The van der Waals surface area contributed by atoms with Gasteiger partial charge in [0, 0.05) is 13.0 Å². The van der Waals surface area contributed by atoms with Gasteiger partial charge in [-0.3, -0.25) is 0 Å². The van der Waals surface area contributed by atoms with Crippen LogP contribution in [0.2, 0.25) is 0 Å². The van der Waals surface area contributed by atoms with Crippen molar-refractivity contribution < 1.29 is 22.8 Å². The Bertz CT molecular complexity index is 658. The van der Waals surface area contributed by atoms with Crippen LogP contribution in [-0.2, 0) is 6.18 Å². The number of aliphatic hydroxyl groups is 1. The molecule has 1 fully saturated rings. The molecular formula is C12H12F3N5O2. The normalized spacial score (nSPS) is 22.3. The van der Waals surface area contributed by atoms with Crippen molar-refractivity contribution in [2.45, 2.75) is 31.7 Å². The lowest BCUT2D eigenvalue weighted by atomic mass is 10.2. The second kappa shape index (κ2) is 5.20. The molecule has 10 heteroatoms. The summed E-state index contributed by atoms with van der Waals surface area (Å²) in [6, 6.07) is 1.62. The number of aryl methyl sites for hydroxylation is 1. The molecule has 0 amide bonds. The van der Waals surface area contributed by atoms with E-state index in [2.05, 4.69) is 20.3 Å². The zero-order valence-electron chi connectivity index (χ0n) is 11.4. The molecule has 2 aromatic rings. The van der Waals surface area contributed by atoms with Crippen molar-refractivity contribution in [3.05, 3.63) is 29.5 Å². The Morgan fingerprint density at radius 2 is 2.09 bits per heavy atom. The van der Waals surface area contributed by atoms with Gasteiger partial charge >= 0.3 is 6.18 Å². The SMILES string of the molecule is Cc1noc([C@H]2C[C@@H](O)CN2c2ccc(C(F)(F)F)nn2)n1. The fourth-order valence-corrected chi connectivity index (χ4v) is 2.38. The maximum atomic E-state index is 12.5. The van der Waals surface area contributed by atoms with Crippen molar-refractivity contribution in [2.75, 3.05) is 11.4 Å². The molecule has 3 heterocycles. The summed E-state index contributed by atoms with van der Waals surface area (Å²) in [5, 5.41) is 20.3. The van der Waals surface area contributed by atoms with E-state index < -0.39 is 24.0 Å². The Labute approximate surface area is 122 Å². The molecule has 1 aliphatic rings. The minimum atomic E-state index is -4.54. The predicted molar refractivity (Wildman–Crippen MR) is 66.8 cm³/mol. The van der Waals surface area contributed by atoms with Gasteiger partial charge in [0.15, 0.2) is 17.3 Å². The van der Waals surface area contributed by atoms with Crippen molar-refractivity contribution >= 4 is 5.82 Å². The highest BCUT2D eigenvalue weighted by Gasteiger charge is 2.38. The van der Waals surface area contributed by atoms with Crippen LogP contribution in [0, 0.1) is 6.92 Å². The molecule has 3 rings (SSSR count). The van der Waals surface area contributed by atoms with E-state index in [-0.39, 0.29) is 18.3 Å². The van der Waals surface area contributed by atoms with Gasteiger partial charge in [0.05, 0.1) is 6.10 Å². The van der Waals surface area contributed by atoms with Gasteiger partial charge in [0.1, 0.15) is 6.04 Å². The first kappa shape index (κ1) is 14.7. The quantitative estimate of drug-likeness (QED) is 0.898. The van der Waals surface area contributed by atoms with E-state index in [4.69, 9.17) is 4.52 Å². The van der Waals surface area contributed by atoms with Gasteiger partial charge in [-0.25, -0.2) is 0 Å². The molecule has 0 bridgehead atoms. The zero-order valence-corrected chi connectivity index (χ0v) is 11.4. The lowest BCUT2D eigenvalue weighted by Gasteiger charge is -2.22. The molecule has 1 aliphatic heterocycles. The molecule has 22 heavy (non-hydrogen) atoms. The Morgan fingerprint density at radius 3 is 2.64 bits per heavy atom. The van der Waals surface area contributed by atoms with Gasteiger partial charge < -0.3 is 14.5 Å². The van der Waals surface area contributed by atoms with E-state index in [0.717, 1.165) is 6.07 Å². The number of hydrogen-bond donors (Lipinski definition) is 1. The lowest BCUT2D eigenvalue weighted by molar-refractivity contribution is -0.141. The number of aliphatic hydroxyl groups excluding tert-OH is 1. The van der Waals surface area contributed by atoms with Crippen LogP contribution in [-0.4, -0.2) is 38.1 Å². The van der Waals surface area contributed by atoms with E-state index in [1.54, 1.807) is 11.8 Å². The summed E-state index contributed by atoms with van der Waals surface area (Å²) in [5.41, 5.74) is -1.07. The first-order chi connectivity index (χ1) is 10.3. The van der Waals surface area contributed by atoms with Crippen LogP contribution in [0.1, 0.15) is 29.9 Å². The van der Waals surface area contributed by atoms with E-state index in [1.807, 2.05) is 0 Å². The van der Waals surface area contributed by atoms with E-state index in [9.17, 15) is 18.3 Å². The van der Waals surface area contributed by atoms with Gasteiger partial charge in [-0.2, -0.15) is 18.2 Å². The molecule has 2 atom stereocenters. The van der Waals surface area contributed by atoms with Crippen LogP contribution in [0.3, 0.4) is 0 Å². The van der Waals surface area contributed by atoms with Gasteiger partial charge in [0.25, 0.3) is 0 Å². The number of hydrogen-bond acceptors (Lipinski definition) is 7. The first-order valence-electron chi connectivity index (χ1n) is 6.50. The van der Waals surface area contributed by atoms with Crippen molar-refractivity contribution in [1.82, 2.24) is 20.3 Å². The maximum Gasteiger partial charge on any atom is 0.435 e. The van der Waals surface area contributed by atoms with E-state index >= 15 is 0 Å². The molecule has 1 saturated heterocycles. The summed E-state index contributed by atoms with van der Waals surface area (Å²) in [6.07, 6.45) is -4.88. The summed E-state index contributed by atoms with van der Waals surface area (Å²) < 4.78 is 42.6. The highest BCUT2D eigenvalue weighted by atomic mass is 19.4. The minimum Gasteiger partial charge on any atom is -0.391 e. The highest BCUT2D eigenvalue weighted by molar-refractivity contribution is 5.42. The fourth-order valence-electron chi connectivity index (χ4n) is 2.38. The average Bonchev–Trinajstić information content (AvgIpc) is 3.04. The van der Waals surface area contributed by atoms with Crippen LogP contribution in [0.15, 0.2) is 16.7 Å². The van der Waals surface area contributed by atoms with Crippen LogP contribution in [0.4, 0.5) is 19.0 Å². The minimum absolute atomic E-state index is 0.201. The van der Waals surface area contributed by atoms with Gasteiger partial charge in [-0.05, 0) is 19.1 Å². The molecule has 0 radical (unpaired) electrons. The lowest BCUT2D eigenvalue weighted by Crippen LogP contribution is -2.26. The fraction of sp³-hybridized carbons (Fsp3) is 0.500. The third kappa shape index (κ3) is 2.73. The van der Waals surface area contributed by atoms with Crippen molar-refractivity contribution in [3.8, 4) is 0 Å². The molecule has 1 N–H and O–H groups in total. The third-order valence-corrected chi connectivity index (χ3v) is 3.34. The third-order valence-electron chi connectivity index (χ3n) is 3.34. The summed E-state index contributed by atoms with van der Waals surface area (Å²) in [4.78, 5) is 5.70. The van der Waals surface area contributed by atoms with Crippen molar-refractivity contribution in [1.29, 1.82) is 0 Å². The molecule has 0 saturated carbocycles. The Hall–Kier alpha value is -2.23. The molecular weight excluding hydrogens is 303 g/mol. The van der Waals surface area contributed by atoms with Crippen LogP contribution >= 0.6 is 0 Å². The predicted octanol–water partition coefficient (Wildman–Crippen LogP) is 1.50. The van der Waals surface area contributed by atoms with E-state index in [1.165, 1.54) is 6.07 Å². The summed E-state index contributed by atoms with van der Waals surface area (Å²) in [7, 11) is 0. The molecule has 0 unspecified atom stereocenters. The number of nitrogens with zero attached hydrogens (tertiary/aromatic N) is 5. The summed E-state index contributed by atoms with van der Waals surface area (Å²) >= 11 is 0. The smallest absolute Gasteiger partial charge is 0.391 e. The Balaban J connectivity index is 1.88. The Kier molecular flexibility index (Phi) is 3.47. The topological polar surface area (TPSA) is 88.2 Å². The highest BCUT2D eigenvalue weighted by Crippen LogP contribution is 2.35. The zero-order chi connectivity index (χ0) is 15.9. The van der Waals surface area contributed by atoms with Gasteiger partial charge in [0.2, 0.25) is 5.89 Å². The largest absolute Gasteiger partial charge is 0.435 e. The molecule has 0 aliphatic carbocycles. The number of rotatable bonds is 2. The summed E-state index contributed by atoms with van der Waals surface area (Å²) in [5.74, 6) is 0.941. The van der Waals surface area contributed by atoms with Gasteiger partial charge in [-0.1, -0.05) is 5.16 Å². The van der Waals surface area contributed by atoms with Crippen LogP contribution < -0.4 is 4.90 Å².